The van der Waals surface area contributed by atoms with Gasteiger partial charge in [0.1, 0.15) is 6.33 Å². The van der Waals surface area contributed by atoms with E-state index < -0.39 is 4.92 Å². The highest BCUT2D eigenvalue weighted by Crippen LogP contribution is 2.35. The van der Waals surface area contributed by atoms with Gasteiger partial charge in [-0.05, 0) is 82.9 Å². The molecule has 4 heterocycles. The number of rotatable bonds is 5. The Kier molecular flexibility index (Phi) is 5.23. The Morgan fingerprint density at radius 2 is 1.86 bits per heavy atom. The number of hydrogen-bond donors (Lipinski definition) is 1. The molecule has 1 aliphatic rings. The number of benzene rings is 2. The molecule has 11 heteroatoms. The van der Waals surface area contributed by atoms with E-state index in [1.807, 2.05) is 28.8 Å². The summed E-state index contributed by atoms with van der Waals surface area (Å²) in [5.41, 5.74) is 5.68. The van der Waals surface area contributed by atoms with Gasteiger partial charge in [-0.2, -0.15) is 4.68 Å². The van der Waals surface area contributed by atoms with E-state index in [-0.39, 0.29) is 17.3 Å². The standard InChI is InChI=1S/C25H18ClN7O3/c26-17-3-9-23(31-14-27-29-30-31)20(13-17)16-11-19-6-10-24(32(19)25(34)12-16)22-8-7-21(28-22)15-1-4-18(5-2-15)33(35)36/h1-5,7-9,11-14,24,28H,6,10H2/t24-/m0/s1. The second kappa shape index (κ2) is 8.58. The second-order valence-electron chi connectivity index (χ2n) is 8.55. The molecule has 0 amide bonds. The van der Waals surface area contributed by atoms with Crippen molar-refractivity contribution in [1.29, 1.82) is 0 Å². The number of nitro groups is 1. The van der Waals surface area contributed by atoms with Crippen molar-refractivity contribution in [2.75, 3.05) is 0 Å². The van der Waals surface area contributed by atoms with E-state index in [0.29, 0.717) is 5.02 Å². The molecule has 0 spiro atoms. The SMILES string of the molecule is O=c1cc(-c2cc(Cl)ccc2-n2cnnn2)cc2n1[C@H](c1ccc(-c3ccc([N+](=O)[O-])cc3)[nH]1)CC2. The molecular weight excluding hydrogens is 482 g/mol. The topological polar surface area (TPSA) is 125 Å². The molecule has 2 aromatic carbocycles. The summed E-state index contributed by atoms with van der Waals surface area (Å²) < 4.78 is 3.36. The number of aromatic nitrogens is 6. The highest BCUT2D eigenvalue weighted by Gasteiger charge is 2.27. The first-order valence-electron chi connectivity index (χ1n) is 11.2. The zero-order valence-electron chi connectivity index (χ0n) is 18.7. The van der Waals surface area contributed by atoms with Crippen LogP contribution >= 0.6 is 11.6 Å². The minimum Gasteiger partial charge on any atom is -0.357 e. The number of hydrogen-bond acceptors (Lipinski definition) is 6. The number of fused-ring (bicyclic) bond motifs is 1. The zero-order valence-corrected chi connectivity index (χ0v) is 19.5. The van der Waals surface area contributed by atoms with Gasteiger partial charge >= 0.3 is 0 Å². The van der Waals surface area contributed by atoms with Gasteiger partial charge in [0.05, 0.1) is 16.7 Å². The monoisotopic (exact) mass is 499 g/mol. The summed E-state index contributed by atoms with van der Waals surface area (Å²) in [5.74, 6) is 0. The lowest BCUT2D eigenvalue weighted by Gasteiger charge is -2.15. The Morgan fingerprint density at radius 1 is 1.03 bits per heavy atom. The first kappa shape index (κ1) is 21.9. The molecule has 1 atom stereocenters. The molecule has 0 aliphatic carbocycles. The van der Waals surface area contributed by atoms with Crippen molar-refractivity contribution in [3.05, 3.63) is 110 Å². The van der Waals surface area contributed by atoms with Crippen LogP contribution in [0.3, 0.4) is 0 Å². The number of nitrogens with zero attached hydrogens (tertiary/aromatic N) is 6. The van der Waals surface area contributed by atoms with Gasteiger partial charge < -0.3 is 9.55 Å². The van der Waals surface area contributed by atoms with Crippen LogP contribution in [-0.4, -0.2) is 34.7 Å². The van der Waals surface area contributed by atoms with E-state index in [1.54, 1.807) is 30.3 Å². The van der Waals surface area contributed by atoms with Crippen molar-refractivity contribution >= 4 is 17.3 Å². The van der Waals surface area contributed by atoms with E-state index >= 15 is 0 Å². The van der Waals surface area contributed by atoms with E-state index in [4.69, 9.17) is 11.6 Å². The quantitative estimate of drug-likeness (QED) is 0.278. The number of nitrogens with one attached hydrogen (secondary N) is 1. The number of aromatic amines is 1. The van der Waals surface area contributed by atoms with Crippen LogP contribution in [0.1, 0.15) is 23.9 Å². The fourth-order valence-electron chi connectivity index (χ4n) is 4.79. The first-order valence-corrected chi connectivity index (χ1v) is 11.6. The molecular formula is C25H18ClN7O3. The summed E-state index contributed by atoms with van der Waals surface area (Å²) in [6.45, 7) is 0. The lowest BCUT2D eigenvalue weighted by Crippen LogP contribution is -2.23. The average Bonchev–Trinajstić information content (AvgIpc) is 3.64. The van der Waals surface area contributed by atoms with Crippen molar-refractivity contribution in [2.45, 2.75) is 18.9 Å². The predicted molar refractivity (Wildman–Crippen MR) is 133 cm³/mol. The van der Waals surface area contributed by atoms with Gasteiger partial charge in [0.25, 0.3) is 11.2 Å². The number of tetrazole rings is 1. The van der Waals surface area contributed by atoms with Gasteiger partial charge in [0.15, 0.2) is 0 Å². The molecule has 6 rings (SSSR count). The molecule has 0 bridgehead atoms. The summed E-state index contributed by atoms with van der Waals surface area (Å²) in [5, 5.41) is 22.9. The number of non-ortho nitro benzene ring substituents is 1. The second-order valence-corrected chi connectivity index (χ2v) is 8.98. The Bertz CT molecular complexity index is 1660. The summed E-state index contributed by atoms with van der Waals surface area (Å²) in [7, 11) is 0. The third-order valence-corrected chi connectivity index (χ3v) is 6.69. The molecule has 5 aromatic rings. The van der Waals surface area contributed by atoms with E-state index in [1.165, 1.54) is 23.1 Å². The van der Waals surface area contributed by atoms with Gasteiger partial charge in [-0.3, -0.25) is 14.9 Å². The van der Waals surface area contributed by atoms with Crippen molar-refractivity contribution < 1.29 is 4.92 Å². The summed E-state index contributed by atoms with van der Waals surface area (Å²) in [4.78, 5) is 27.3. The fourth-order valence-corrected chi connectivity index (χ4v) is 4.97. The minimum absolute atomic E-state index is 0.0422. The molecule has 0 unspecified atom stereocenters. The molecule has 0 saturated heterocycles. The van der Waals surface area contributed by atoms with Gasteiger partial charge in [-0.1, -0.05) is 11.6 Å². The number of pyridine rings is 1. The number of H-pyrrole nitrogens is 1. The summed E-state index contributed by atoms with van der Waals surface area (Å²) >= 11 is 6.28. The Labute approximate surface area is 208 Å². The van der Waals surface area contributed by atoms with Crippen LogP contribution in [0.25, 0.3) is 28.1 Å². The average molecular weight is 500 g/mol. The number of nitro benzene ring substituents is 1. The van der Waals surface area contributed by atoms with Crippen LogP contribution in [0.2, 0.25) is 5.02 Å². The summed E-state index contributed by atoms with van der Waals surface area (Å²) in [6, 6.07) is 19.1. The normalized spacial score (nSPS) is 14.6. The van der Waals surface area contributed by atoms with Crippen LogP contribution in [0.4, 0.5) is 5.69 Å². The smallest absolute Gasteiger partial charge is 0.269 e. The maximum atomic E-state index is 13.4. The van der Waals surface area contributed by atoms with Crippen molar-refractivity contribution in [3.63, 3.8) is 0 Å². The van der Waals surface area contributed by atoms with Crippen LogP contribution in [0, 0.1) is 10.1 Å². The van der Waals surface area contributed by atoms with Crippen LogP contribution in [0.15, 0.2) is 77.9 Å². The Morgan fingerprint density at radius 3 is 2.61 bits per heavy atom. The maximum absolute atomic E-state index is 13.4. The van der Waals surface area contributed by atoms with E-state index in [2.05, 4.69) is 20.5 Å². The molecule has 1 N–H and O–H groups in total. The fraction of sp³-hybridized carbons (Fsp3) is 0.120. The minimum atomic E-state index is -0.421. The lowest BCUT2D eigenvalue weighted by atomic mass is 10.0. The van der Waals surface area contributed by atoms with Gasteiger partial charge in [-0.25, -0.2) is 0 Å². The van der Waals surface area contributed by atoms with Crippen LogP contribution in [0.5, 0.6) is 0 Å². The molecule has 3 aromatic heterocycles. The van der Waals surface area contributed by atoms with E-state index in [9.17, 15) is 14.9 Å². The first-order chi connectivity index (χ1) is 17.5. The molecule has 36 heavy (non-hydrogen) atoms. The van der Waals surface area contributed by atoms with E-state index in [0.717, 1.165) is 52.3 Å². The Hall–Kier alpha value is -4.57. The van der Waals surface area contributed by atoms with Crippen molar-refractivity contribution in [3.8, 4) is 28.1 Å². The Balaban J connectivity index is 1.35. The van der Waals surface area contributed by atoms with Gasteiger partial charge in [0.2, 0.25) is 0 Å². The zero-order chi connectivity index (χ0) is 24.8. The number of aryl methyl sites for hydroxylation is 1. The third kappa shape index (κ3) is 3.77. The molecule has 0 radical (unpaired) electrons. The number of halogens is 1. The van der Waals surface area contributed by atoms with Crippen molar-refractivity contribution in [2.24, 2.45) is 0 Å². The van der Waals surface area contributed by atoms with Gasteiger partial charge in [-0.15, -0.1) is 5.10 Å². The van der Waals surface area contributed by atoms with Crippen molar-refractivity contribution in [1.82, 2.24) is 29.8 Å². The highest BCUT2D eigenvalue weighted by atomic mass is 35.5. The van der Waals surface area contributed by atoms with Crippen LogP contribution in [-0.2, 0) is 6.42 Å². The van der Waals surface area contributed by atoms with Gasteiger partial charge in [0, 0.05) is 45.9 Å². The molecule has 10 nitrogen and oxygen atoms in total. The lowest BCUT2D eigenvalue weighted by molar-refractivity contribution is -0.384. The van der Waals surface area contributed by atoms with Crippen LogP contribution < -0.4 is 5.56 Å². The largest absolute Gasteiger partial charge is 0.357 e. The molecule has 1 aliphatic heterocycles. The molecule has 178 valence electrons. The molecule has 0 saturated carbocycles. The summed E-state index contributed by atoms with van der Waals surface area (Å²) in [6.07, 6.45) is 3.01. The molecule has 0 fully saturated rings. The predicted octanol–water partition coefficient (Wildman–Crippen LogP) is 4.58. The highest BCUT2D eigenvalue weighted by molar-refractivity contribution is 6.31. The maximum Gasteiger partial charge on any atom is 0.269 e. The third-order valence-electron chi connectivity index (χ3n) is 6.46.